The number of likely N-dealkylation sites (tertiary alicyclic amines) is 1. The highest BCUT2D eigenvalue weighted by Crippen LogP contribution is 2.24. The van der Waals surface area contributed by atoms with E-state index in [9.17, 15) is 4.79 Å². The number of carbonyl (C=O) groups is 1. The molecule has 0 bridgehead atoms. The van der Waals surface area contributed by atoms with Crippen LogP contribution in [0.15, 0.2) is 41.1 Å². The molecule has 7 heteroatoms. The number of piperidine rings is 1. The fourth-order valence-corrected chi connectivity index (χ4v) is 3.90. The first-order valence-electron chi connectivity index (χ1n) is 10.3. The maximum absolute atomic E-state index is 12.8. The Morgan fingerprint density at radius 3 is 2.86 bits per heavy atom. The lowest BCUT2D eigenvalue weighted by molar-refractivity contribution is -0.132. The zero-order valence-corrected chi connectivity index (χ0v) is 17.0. The minimum absolute atomic E-state index is 0.142. The molecule has 1 fully saturated rings. The van der Waals surface area contributed by atoms with Gasteiger partial charge in [0.05, 0.1) is 6.04 Å². The molecule has 152 valence electrons. The first-order valence-corrected chi connectivity index (χ1v) is 10.3. The molecule has 0 aliphatic carbocycles. The topological polar surface area (TPSA) is 77.1 Å². The van der Waals surface area contributed by atoms with Gasteiger partial charge in [0.1, 0.15) is 5.82 Å². The first-order chi connectivity index (χ1) is 14.1. The molecule has 1 atom stereocenters. The van der Waals surface area contributed by atoms with Crippen LogP contribution in [0.4, 0.5) is 0 Å². The number of aromatic nitrogens is 4. The number of hydrogen-bond acceptors (Lipinski definition) is 5. The number of nitrogens with zero attached hydrogens (tertiary/aromatic N) is 5. The van der Waals surface area contributed by atoms with Gasteiger partial charge < -0.3 is 13.9 Å². The zero-order valence-electron chi connectivity index (χ0n) is 17.0. The van der Waals surface area contributed by atoms with Gasteiger partial charge in [0.25, 0.3) is 0 Å². The van der Waals surface area contributed by atoms with Crippen molar-refractivity contribution in [3.8, 4) is 11.5 Å². The second-order valence-electron chi connectivity index (χ2n) is 7.61. The van der Waals surface area contributed by atoms with E-state index in [-0.39, 0.29) is 5.91 Å². The van der Waals surface area contributed by atoms with E-state index in [1.807, 2.05) is 48.5 Å². The van der Waals surface area contributed by atoms with E-state index in [1.165, 1.54) is 5.56 Å². The van der Waals surface area contributed by atoms with Gasteiger partial charge in [0, 0.05) is 50.3 Å². The maximum atomic E-state index is 12.8. The number of benzene rings is 1. The van der Waals surface area contributed by atoms with Crippen molar-refractivity contribution in [2.45, 2.75) is 52.0 Å². The van der Waals surface area contributed by atoms with Gasteiger partial charge in [-0.05, 0) is 31.9 Å². The van der Waals surface area contributed by atoms with E-state index in [1.54, 1.807) is 0 Å². The summed E-state index contributed by atoms with van der Waals surface area (Å²) in [6.07, 6.45) is 7.71. The van der Waals surface area contributed by atoms with Crippen LogP contribution in [0.1, 0.15) is 49.5 Å². The van der Waals surface area contributed by atoms with Gasteiger partial charge in [0.2, 0.25) is 17.7 Å². The average molecular weight is 393 g/mol. The summed E-state index contributed by atoms with van der Waals surface area (Å²) in [6, 6.07) is 8.26. The SMILES string of the molecule is CCc1nccn1C1CCCN(C(=O)CCc2nnc(-c3ccc(C)cc3)o2)C1. The summed E-state index contributed by atoms with van der Waals surface area (Å²) in [5.74, 6) is 2.23. The Balaban J connectivity index is 1.34. The van der Waals surface area contributed by atoms with E-state index in [4.69, 9.17) is 4.42 Å². The Labute approximate surface area is 170 Å². The Morgan fingerprint density at radius 1 is 1.24 bits per heavy atom. The molecule has 0 saturated carbocycles. The molecule has 1 amide bonds. The van der Waals surface area contributed by atoms with Gasteiger partial charge in [-0.25, -0.2) is 4.98 Å². The highest BCUT2D eigenvalue weighted by atomic mass is 16.4. The third-order valence-electron chi connectivity index (χ3n) is 5.53. The summed E-state index contributed by atoms with van der Waals surface area (Å²) in [7, 11) is 0. The van der Waals surface area contributed by atoms with Crippen LogP contribution in [0.2, 0.25) is 0 Å². The molecule has 7 nitrogen and oxygen atoms in total. The molecule has 0 N–H and O–H groups in total. The molecule has 29 heavy (non-hydrogen) atoms. The number of hydrogen-bond donors (Lipinski definition) is 0. The number of aryl methyl sites for hydroxylation is 3. The van der Waals surface area contributed by atoms with Crippen molar-refractivity contribution in [3.63, 3.8) is 0 Å². The lowest BCUT2D eigenvalue weighted by atomic mass is 10.0. The fraction of sp³-hybridized carbons (Fsp3) is 0.455. The smallest absolute Gasteiger partial charge is 0.247 e. The Hall–Kier alpha value is -2.96. The summed E-state index contributed by atoms with van der Waals surface area (Å²) in [5.41, 5.74) is 2.08. The van der Waals surface area contributed by atoms with Crippen molar-refractivity contribution in [2.75, 3.05) is 13.1 Å². The van der Waals surface area contributed by atoms with Gasteiger partial charge in [-0.3, -0.25) is 4.79 Å². The van der Waals surface area contributed by atoms with Gasteiger partial charge in [0.15, 0.2) is 0 Å². The molecule has 4 rings (SSSR count). The van der Waals surface area contributed by atoms with Crippen molar-refractivity contribution in [1.82, 2.24) is 24.6 Å². The molecular weight excluding hydrogens is 366 g/mol. The number of imidazole rings is 1. The van der Waals surface area contributed by atoms with E-state index in [2.05, 4.69) is 26.7 Å². The first kappa shape index (κ1) is 19.4. The van der Waals surface area contributed by atoms with Crippen LogP contribution in [-0.4, -0.2) is 43.6 Å². The molecule has 1 unspecified atom stereocenters. The predicted molar refractivity (Wildman–Crippen MR) is 109 cm³/mol. The largest absolute Gasteiger partial charge is 0.421 e. The van der Waals surface area contributed by atoms with Crippen LogP contribution < -0.4 is 0 Å². The van der Waals surface area contributed by atoms with E-state index in [0.29, 0.717) is 30.7 Å². The third-order valence-corrected chi connectivity index (χ3v) is 5.53. The van der Waals surface area contributed by atoms with E-state index < -0.39 is 0 Å². The standard InChI is InChI=1S/C22H27N5O2/c1-3-19-23-12-14-27(19)18-5-4-13-26(15-18)21(28)11-10-20-24-25-22(29-20)17-8-6-16(2)7-9-17/h6-9,12,14,18H,3-5,10-11,13,15H2,1-2H3. The second-order valence-corrected chi connectivity index (χ2v) is 7.61. The molecule has 1 aliphatic rings. The Morgan fingerprint density at radius 2 is 2.07 bits per heavy atom. The summed E-state index contributed by atoms with van der Waals surface area (Å²) >= 11 is 0. The molecule has 2 aromatic heterocycles. The van der Waals surface area contributed by atoms with Crippen molar-refractivity contribution in [2.24, 2.45) is 0 Å². The minimum Gasteiger partial charge on any atom is -0.421 e. The molecule has 3 aromatic rings. The lowest BCUT2D eigenvalue weighted by Crippen LogP contribution is -2.41. The van der Waals surface area contributed by atoms with Crippen molar-refractivity contribution in [1.29, 1.82) is 0 Å². The van der Waals surface area contributed by atoms with Crippen LogP contribution in [0.25, 0.3) is 11.5 Å². The van der Waals surface area contributed by atoms with Gasteiger partial charge in [-0.15, -0.1) is 10.2 Å². The van der Waals surface area contributed by atoms with Crippen LogP contribution in [0.5, 0.6) is 0 Å². The second kappa shape index (κ2) is 8.59. The van der Waals surface area contributed by atoms with Crippen molar-refractivity contribution in [3.05, 3.63) is 53.9 Å². The maximum Gasteiger partial charge on any atom is 0.247 e. The minimum atomic E-state index is 0.142. The summed E-state index contributed by atoms with van der Waals surface area (Å²) in [6.45, 7) is 5.69. The van der Waals surface area contributed by atoms with Crippen molar-refractivity contribution < 1.29 is 9.21 Å². The molecule has 0 radical (unpaired) electrons. The number of amides is 1. The summed E-state index contributed by atoms with van der Waals surface area (Å²) in [5, 5.41) is 8.23. The molecular formula is C22H27N5O2. The highest BCUT2D eigenvalue weighted by molar-refractivity contribution is 5.76. The molecule has 1 aromatic carbocycles. The summed E-state index contributed by atoms with van der Waals surface area (Å²) in [4.78, 5) is 19.1. The fourth-order valence-electron chi connectivity index (χ4n) is 3.90. The number of rotatable bonds is 6. The lowest BCUT2D eigenvalue weighted by Gasteiger charge is -2.34. The van der Waals surface area contributed by atoms with Gasteiger partial charge in [-0.1, -0.05) is 24.6 Å². The van der Waals surface area contributed by atoms with Crippen LogP contribution in [-0.2, 0) is 17.6 Å². The molecule has 3 heterocycles. The Bertz CT molecular complexity index is 960. The molecule has 1 aliphatic heterocycles. The van der Waals surface area contributed by atoms with E-state index in [0.717, 1.165) is 43.7 Å². The zero-order chi connectivity index (χ0) is 20.2. The van der Waals surface area contributed by atoms with Gasteiger partial charge in [-0.2, -0.15) is 0 Å². The molecule has 1 saturated heterocycles. The van der Waals surface area contributed by atoms with Crippen LogP contribution in [0, 0.1) is 6.92 Å². The van der Waals surface area contributed by atoms with Gasteiger partial charge >= 0.3 is 0 Å². The predicted octanol–water partition coefficient (Wildman–Crippen LogP) is 3.60. The monoisotopic (exact) mass is 393 g/mol. The number of carbonyl (C=O) groups excluding carboxylic acids is 1. The Kier molecular flexibility index (Phi) is 5.74. The molecule has 0 spiro atoms. The normalized spacial score (nSPS) is 16.9. The average Bonchev–Trinajstić information content (AvgIpc) is 3.42. The van der Waals surface area contributed by atoms with Crippen LogP contribution >= 0.6 is 0 Å². The van der Waals surface area contributed by atoms with Crippen molar-refractivity contribution >= 4 is 5.91 Å². The quantitative estimate of drug-likeness (QED) is 0.639. The van der Waals surface area contributed by atoms with Crippen LogP contribution in [0.3, 0.4) is 0 Å². The summed E-state index contributed by atoms with van der Waals surface area (Å²) < 4.78 is 7.98. The third kappa shape index (κ3) is 4.39. The van der Waals surface area contributed by atoms with E-state index >= 15 is 0 Å². The highest BCUT2D eigenvalue weighted by Gasteiger charge is 2.25.